The van der Waals surface area contributed by atoms with Gasteiger partial charge in [0.25, 0.3) is 0 Å². The van der Waals surface area contributed by atoms with Crippen LogP contribution in [0.2, 0.25) is 0 Å². The van der Waals surface area contributed by atoms with Gasteiger partial charge in [-0.1, -0.05) is 0 Å². The molecule has 0 N–H and O–H groups in total. The number of imidazole rings is 1. The zero-order valence-corrected chi connectivity index (χ0v) is 12.4. The summed E-state index contributed by atoms with van der Waals surface area (Å²) in [7, 11) is 0. The van der Waals surface area contributed by atoms with Crippen molar-refractivity contribution in [2.75, 3.05) is 0 Å². The molecule has 23 heavy (non-hydrogen) atoms. The molecule has 0 bridgehead atoms. The average Bonchev–Trinajstić information content (AvgIpc) is 3.14. The molecular weight excluding hydrogens is 298 g/mol. The van der Waals surface area contributed by atoms with Crippen molar-refractivity contribution in [3.8, 4) is 11.4 Å². The van der Waals surface area contributed by atoms with Crippen LogP contribution in [0.1, 0.15) is 36.6 Å². The Morgan fingerprint density at radius 2 is 1.91 bits per heavy atom. The molecule has 1 saturated carbocycles. The van der Waals surface area contributed by atoms with Gasteiger partial charge in [0.1, 0.15) is 5.82 Å². The van der Waals surface area contributed by atoms with E-state index in [1.54, 1.807) is 6.20 Å². The van der Waals surface area contributed by atoms with Crippen LogP contribution in [0.3, 0.4) is 0 Å². The van der Waals surface area contributed by atoms with Crippen LogP contribution in [0.5, 0.6) is 0 Å². The van der Waals surface area contributed by atoms with Crippen molar-refractivity contribution in [2.45, 2.75) is 38.1 Å². The third-order valence-electron chi connectivity index (χ3n) is 4.76. The van der Waals surface area contributed by atoms with Gasteiger partial charge in [-0.25, -0.2) is 13.8 Å². The number of hydrogen-bond acceptors (Lipinski definition) is 3. The van der Waals surface area contributed by atoms with Gasteiger partial charge in [-0.2, -0.15) is 10.2 Å². The van der Waals surface area contributed by atoms with Crippen LogP contribution in [0.25, 0.3) is 22.4 Å². The van der Waals surface area contributed by atoms with Gasteiger partial charge in [-0.15, -0.1) is 0 Å². The van der Waals surface area contributed by atoms with Gasteiger partial charge >= 0.3 is 0 Å². The highest BCUT2D eigenvalue weighted by atomic mass is 19.2. The first kappa shape index (κ1) is 13.1. The van der Waals surface area contributed by atoms with Crippen molar-refractivity contribution in [1.82, 2.24) is 19.7 Å². The van der Waals surface area contributed by atoms with Crippen LogP contribution in [0.15, 0.2) is 18.3 Å². The fourth-order valence-electron chi connectivity index (χ4n) is 3.54. The normalized spacial score (nSPS) is 17.0. The fraction of sp³-hybridized carbons (Fsp3) is 0.353. The lowest BCUT2D eigenvalue weighted by Crippen LogP contribution is -2.02. The maximum atomic E-state index is 13.7. The smallest absolute Gasteiger partial charge is 0.161 e. The summed E-state index contributed by atoms with van der Waals surface area (Å²) < 4.78 is 29.3. The molecule has 3 aromatic rings. The Morgan fingerprint density at radius 3 is 2.74 bits per heavy atom. The largest absolute Gasteiger partial charge is 0.321 e. The van der Waals surface area contributed by atoms with Gasteiger partial charge in [-0.05, 0) is 37.7 Å². The lowest BCUT2D eigenvalue weighted by Gasteiger charge is -2.10. The Hall–Kier alpha value is -2.37. The van der Waals surface area contributed by atoms with Crippen molar-refractivity contribution in [2.24, 2.45) is 0 Å². The molecule has 1 fully saturated rings. The molecular formula is C17H14F2N4. The van der Waals surface area contributed by atoms with Crippen LogP contribution >= 0.6 is 0 Å². The Bertz CT molecular complexity index is 943. The lowest BCUT2D eigenvalue weighted by atomic mass is 10.1. The summed E-state index contributed by atoms with van der Waals surface area (Å²) in [5.74, 6) is -0.924. The van der Waals surface area contributed by atoms with Gasteiger partial charge in [0.15, 0.2) is 11.6 Å². The first-order valence-corrected chi connectivity index (χ1v) is 7.93. The molecule has 1 aromatic carbocycles. The number of fused-ring (bicyclic) bond motifs is 2. The van der Waals surface area contributed by atoms with E-state index >= 15 is 0 Å². The SMILES string of the molecule is Fc1cc2nc(-c3cnnc4c3CCC4)n(C3CC3)c2cc1F. The topological polar surface area (TPSA) is 43.6 Å². The minimum Gasteiger partial charge on any atom is -0.321 e. The molecule has 0 radical (unpaired) electrons. The van der Waals surface area contributed by atoms with Gasteiger partial charge in [0.2, 0.25) is 0 Å². The second-order valence-corrected chi connectivity index (χ2v) is 6.33. The lowest BCUT2D eigenvalue weighted by molar-refractivity contribution is 0.510. The van der Waals surface area contributed by atoms with E-state index in [0.717, 1.165) is 49.2 Å². The number of nitrogens with zero attached hydrogens (tertiary/aromatic N) is 4. The Labute approximate surface area is 131 Å². The van der Waals surface area contributed by atoms with Gasteiger partial charge in [-0.3, -0.25) is 0 Å². The van der Waals surface area contributed by atoms with E-state index in [0.29, 0.717) is 17.1 Å². The minimum atomic E-state index is -0.859. The van der Waals surface area contributed by atoms with Crippen molar-refractivity contribution >= 4 is 11.0 Å². The number of halogens is 2. The highest BCUT2D eigenvalue weighted by Crippen LogP contribution is 2.42. The van der Waals surface area contributed by atoms with Crippen molar-refractivity contribution in [3.05, 3.63) is 41.2 Å². The molecule has 2 aliphatic carbocycles. The van der Waals surface area contributed by atoms with Crippen LogP contribution in [0, 0.1) is 11.6 Å². The summed E-state index contributed by atoms with van der Waals surface area (Å²) in [5, 5.41) is 8.32. The number of hydrogen-bond donors (Lipinski definition) is 0. The summed E-state index contributed by atoms with van der Waals surface area (Å²) in [6, 6.07) is 2.75. The van der Waals surface area contributed by atoms with Crippen LogP contribution in [-0.4, -0.2) is 19.7 Å². The molecule has 0 amide bonds. The van der Waals surface area contributed by atoms with Gasteiger partial charge < -0.3 is 4.57 Å². The first-order valence-electron chi connectivity index (χ1n) is 7.93. The Kier molecular flexibility index (Phi) is 2.60. The summed E-state index contributed by atoms with van der Waals surface area (Å²) in [5.41, 5.74) is 4.31. The Morgan fingerprint density at radius 1 is 1.09 bits per heavy atom. The summed E-state index contributed by atoms with van der Waals surface area (Å²) in [4.78, 5) is 4.61. The molecule has 0 aliphatic heterocycles. The zero-order chi connectivity index (χ0) is 15.6. The number of benzene rings is 1. The molecule has 0 saturated heterocycles. The molecule has 2 heterocycles. The Balaban J connectivity index is 1.82. The maximum Gasteiger partial charge on any atom is 0.161 e. The van der Waals surface area contributed by atoms with Gasteiger partial charge in [0, 0.05) is 23.7 Å². The van der Waals surface area contributed by atoms with Crippen molar-refractivity contribution in [1.29, 1.82) is 0 Å². The van der Waals surface area contributed by atoms with E-state index in [4.69, 9.17) is 0 Å². The van der Waals surface area contributed by atoms with E-state index in [2.05, 4.69) is 15.2 Å². The van der Waals surface area contributed by atoms with Crippen LogP contribution in [-0.2, 0) is 12.8 Å². The molecule has 6 heteroatoms. The van der Waals surface area contributed by atoms with E-state index in [1.165, 1.54) is 17.7 Å². The monoisotopic (exact) mass is 312 g/mol. The van der Waals surface area contributed by atoms with E-state index in [1.807, 2.05) is 4.57 Å². The maximum absolute atomic E-state index is 13.7. The summed E-state index contributed by atoms with van der Waals surface area (Å²) in [6.45, 7) is 0. The summed E-state index contributed by atoms with van der Waals surface area (Å²) in [6.07, 6.45) is 6.76. The highest BCUT2D eigenvalue weighted by molar-refractivity contribution is 5.82. The number of rotatable bonds is 2. The minimum absolute atomic E-state index is 0.310. The molecule has 0 unspecified atom stereocenters. The second-order valence-electron chi connectivity index (χ2n) is 6.33. The quantitative estimate of drug-likeness (QED) is 0.726. The molecule has 2 aliphatic rings. The highest BCUT2D eigenvalue weighted by Gasteiger charge is 2.31. The molecule has 4 nitrogen and oxygen atoms in total. The molecule has 0 atom stereocenters. The molecule has 116 valence electrons. The second kappa shape index (κ2) is 4.57. The standard InChI is InChI=1S/C17H14F2N4/c18-12-6-15-16(7-13(12)19)23(9-4-5-9)17(21-15)11-8-20-22-14-3-1-2-10(11)14/h6-9H,1-5H2. The third kappa shape index (κ3) is 1.90. The predicted molar refractivity (Wildman–Crippen MR) is 81.0 cm³/mol. The fourth-order valence-corrected chi connectivity index (χ4v) is 3.54. The van der Waals surface area contributed by atoms with Crippen LogP contribution < -0.4 is 0 Å². The summed E-state index contributed by atoms with van der Waals surface area (Å²) >= 11 is 0. The predicted octanol–water partition coefficient (Wildman–Crippen LogP) is 3.60. The average molecular weight is 312 g/mol. The van der Waals surface area contributed by atoms with E-state index in [9.17, 15) is 8.78 Å². The number of aryl methyl sites for hydroxylation is 1. The van der Waals surface area contributed by atoms with Crippen molar-refractivity contribution < 1.29 is 8.78 Å². The first-order chi connectivity index (χ1) is 11.2. The zero-order valence-electron chi connectivity index (χ0n) is 12.4. The number of aromatic nitrogens is 4. The van der Waals surface area contributed by atoms with Crippen molar-refractivity contribution in [3.63, 3.8) is 0 Å². The molecule has 5 rings (SSSR count). The van der Waals surface area contributed by atoms with Crippen LogP contribution in [0.4, 0.5) is 8.78 Å². The van der Waals surface area contributed by atoms with E-state index < -0.39 is 11.6 Å². The van der Waals surface area contributed by atoms with E-state index in [-0.39, 0.29) is 0 Å². The van der Waals surface area contributed by atoms with Gasteiger partial charge in [0.05, 0.1) is 22.9 Å². The molecule has 0 spiro atoms. The third-order valence-corrected chi connectivity index (χ3v) is 4.76. The molecule has 2 aromatic heterocycles.